The van der Waals surface area contributed by atoms with Crippen LogP contribution >= 0.6 is 11.8 Å². The Kier molecular flexibility index (Phi) is 3.73. The predicted molar refractivity (Wildman–Crippen MR) is 64.3 cm³/mol. The van der Waals surface area contributed by atoms with Gasteiger partial charge < -0.3 is 4.98 Å². The van der Waals surface area contributed by atoms with Crippen LogP contribution in [0.4, 0.5) is 0 Å². The summed E-state index contributed by atoms with van der Waals surface area (Å²) in [4.78, 5) is 15.6. The number of aryl methyl sites for hydroxylation is 1. The van der Waals surface area contributed by atoms with Crippen LogP contribution in [0.2, 0.25) is 0 Å². The van der Waals surface area contributed by atoms with Crippen molar-refractivity contribution >= 4 is 11.8 Å². The first-order valence-corrected chi connectivity index (χ1v) is 6.18. The first kappa shape index (κ1) is 11.6. The number of nitriles is 1. The van der Waals surface area contributed by atoms with Gasteiger partial charge in [-0.05, 0) is 6.42 Å². The van der Waals surface area contributed by atoms with E-state index in [0.717, 1.165) is 17.3 Å². The van der Waals surface area contributed by atoms with E-state index >= 15 is 0 Å². The zero-order valence-electron chi connectivity index (χ0n) is 9.34. The maximum absolute atomic E-state index is 8.62. The van der Waals surface area contributed by atoms with E-state index in [1.165, 1.54) is 12.4 Å². The molecule has 2 heterocycles. The molecule has 6 heteroatoms. The minimum atomic E-state index is 0.477. The van der Waals surface area contributed by atoms with Gasteiger partial charge in [-0.2, -0.15) is 5.26 Å². The molecule has 0 saturated carbocycles. The summed E-state index contributed by atoms with van der Waals surface area (Å²) in [5.41, 5.74) is 1.60. The van der Waals surface area contributed by atoms with E-state index in [4.69, 9.17) is 5.26 Å². The smallest absolute Gasteiger partial charge is 0.165 e. The first-order valence-electron chi connectivity index (χ1n) is 5.19. The Bertz CT molecular complexity index is 526. The Labute approximate surface area is 103 Å². The fourth-order valence-electron chi connectivity index (χ4n) is 1.21. The zero-order valence-corrected chi connectivity index (χ0v) is 10.2. The number of imidazole rings is 1. The van der Waals surface area contributed by atoms with Gasteiger partial charge in [-0.1, -0.05) is 18.7 Å². The number of hydrogen-bond donors (Lipinski definition) is 1. The van der Waals surface area contributed by atoms with Crippen molar-refractivity contribution in [1.29, 1.82) is 5.26 Å². The zero-order chi connectivity index (χ0) is 12.1. The Morgan fingerprint density at radius 3 is 2.65 bits per heavy atom. The van der Waals surface area contributed by atoms with E-state index < -0.39 is 0 Å². The van der Waals surface area contributed by atoms with E-state index in [9.17, 15) is 0 Å². The molecule has 0 bridgehead atoms. The Hall–Kier alpha value is -1.87. The molecule has 1 N–H and O–H groups in total. The van der Waals surface area contributed by atoms with Gasteiger partial charge in [-0.3, -0.25) is 0 Å². The second-order valence-corrected chi connectivity index (χ2v) is 4.32. The highest BCUT2D eigenvalue weighted by molar-refractivity contribution is 7.98. The lowest BCUT2D eigenvalue weighted by Crippen LogP contribution is -1.93. The van der Waals surface area contributed by atoms with E-state index in [-0.39, 0.29) is 0 Å². The van der Waals surface area contributed by atoms with Gasteiger partial charge in [0.15, 0.2) is 5.16 Å². The maximum atomic E-state index is 8.62. The summed E-state index contributed by atoms with van der Waals surface area (Å²) in [6.45, 7) is 2.08. The van der Waals surface area contributed by atoms with Crippen molar-refractivity contribution in [1.82, 2.24) is 19.9 Å². The van der Waals surface area contributed by atoms with Crippen LogP contribution in [0.15, 0.2) is 23.7 Å². The van der Waals surface area contributed by atoms with Crippen molar-refractivity contribution < 1.29 is 0 Å². The van der Waals surface area contributed by atoms with Crippen molar-refractivity contribution in [2.75, 3.05) is 0 Å². The van der Waals surface area contributed by atoms with Gasteiger partial charge in [0, 0.05) is 24.3 Å². The first-order chi connectivity index (χ1) is 8.31. The second kappa shape index (κ2) is 5.46. The summed E-state index contributed by atoms with van der Waals surface area (Å²) in [5.74, 6) is 1.34. The quantitative estimate of drug-likeness (QED) is 0.833. The molecule has 2 rings (SSSR count). The van der Waals surface area contributed by atoms with Gasteiger partial charge in [0.2, 0.25) is 0 Å². The van der Waals surface area contributed by atoms with Crippen LogP contribution in [0.1, 0.15) is 24.0 Å². The summed E-state index contributed by atoms with van der Waals surface area (Å²) in [5, 5.41) is 9.49. The molecule has 0 aliphatic rings. The number of rotatable bonds is 4. The summed E-state index contributed by atoms with van der Waals surface area (Å²) in [6.07, 6.45) is 5.84. The largest absolute Gasteiger partial charge is 0.337 e. The van der Waals surface area contributed by atoms with Crippen LogP contribution in [0.5, 0.6) is 0 Å². The molecule has 17 heavy (non-hydrogen) atoms. The highest BCUT2D eigenvalue weighted by atomic mass is 32.2. The molecule has 2 aromatic rings. The number of aromatic nitrogens is 4. The summed E-state index contributed by atoms with van der Waals surface area (Å²) < 4.78 is 0. The SMILES string of the molecule is CCc1cnc(SCc2ncc(C#N)cn2)[nH]1. The Morgan fingerprint density at radius 2 is 2.06 bits per heavy atom. The van der Waals surface area contributed by atoms with Gasteiger partial charge in [0.1, 0.15) is 11.9 Å². The highest BCUT2D eigenvalue weighted by Gasteiger charge is 2.02. The van der Waals surface area contributed by atoms with Crippen molar-refractivity contribution in [3.63, 3.8) is 0 Å². The van der Waals surface area contributed by atoms with Crippen molar-refractivity contribution in [3.8, 4) is 6.07 Å². The molecule has 0 unspecified atom stereocenters. The molecule has 0 saturated heterocycles. The lowest BCUT2D eigenvalue weighted by atomic mass is 10.4. The molecule has 0 aromatic carbocycles. The molecular weight excluding hydrogens is 234 g/mol. The maximum Gasteiger partial charge on any atom is 0.165 e. The monoisotopic (exact) mass is 245 g/mol. The summed E-state index contributed by atoms with van der Waals surface area (Å²) in [6, 6.07) is 1.99. The molecule has 0 fully saturated rings. The number of nitrogens with one attached hydrogen (secondary N) is 1. The van der Waals surface area contributed by atoms with Crippen LogP contribution in [-0.4, -0.2) is 19.9 Å². The third-order valence-corrected chi connectivity index (χ3v) is 3.04. The van der Waals surface area contributed by atoms with Crippen molar-refractivity contribution in [3.05, 3.63) is 35.7 Å². The number of nitrogens with zero attached hydrogens (tertiary/aromatic N) is 4. The predicted octanol–water partition coefficient (Wildman–Crippen LogP) is 1.93. The average Bonchev–Trinajstić information content (AvgIpc) is 2.85. The molecule has 0 radical (unpaired) electrons. The van der Waals surface area contributed by atoms with Gasteiger partial charge >= 0.3 is 0 Å². The van der Waals surface area contributed by atoms with E-state index in [0.29, 0.717) is 17.1 Å². The molecule has 0 aliphatic carbocycles. The third-order valence-electron chi connectivity index (χ3n) is 2.16. The van der Waals surface area contributed by atoms with Gasteiger partial charge in [0.25, 0.3) is 0 Å². The third kappa shape index (κ3) is 3.04. The molecule has 0 aliphatic heterocycles. The number of H-pyrrole nitrogens is 1. The number of thioether (sulfide) groups is 1. The minimum absolute atomic E-state index is 0.477. The van der Waals surface area contributed by atoms with Crippen LogP contribution in [-0.2, 0) is 12.2 Å². The summed E-state index contributed by atoms with van der Waals surface area (Å²) in [7, 11) is 0. The minimum Gasteiger partial charge on any atom is -0.337 e. The Morgan fingerprint density at radius 1 is 1.29 bits per heavy atom. The van der Waals surface area contributed by atoms with Crippen molar-refractivity contribution in [2.24, 2.45) is 0 Å². The lowest BCUT2D eigenvalue weighted by molar-refractivity contribution is 0.982. The van der Waals surface area contributed by atoms with E-state index in [1.54, 1.807) is 11.8 Å². The van der Waals surface area contributed by atoms with Crippen LogP contribution in [0, 0.1) is 11.3 Å². The topological polar surface area (TPSA) is 78.2 Å². The molecule has 0 atom stereocenters. The fraction of sp³-hybridized carbons (Fsp3) is 0.273. The second-order valence-electron chi connectivity index (χ2n) is 3.36. The van der Waals surface area contributed by atoms with Gasteiger partial charge in [-0.15, -0.1) is 0 Å². The average molecular weight is 245 g/mol. The summed E-state index contributed by atoms with van der Waals surface area (Å²) >= 11 is 1.55. The molecule has 5 nitrogen and oxygen atoms in total. The van der Waals surface area contributed by atoms with Crippen LogP contribution in [0.25, 0.3) is 0 Å². The van der Waals surface area contributed by atoms with Crippen molar-refractivity contribution in [2.45, 2.75) is 24.3 Å². The number of aromatic amines is 1. The number of hydrogen-bond acceptors (Lipinski definition) is 5. The van der Waals surface area contributed by atoms with Gasteiger partial charge in [0.05, 0.1) is 11.3 Å². The van der Waals surface area contributed by atoms with Crippen LogP contribution < -0.4 is 0 Å². The van der Waals surface area contributed by atoms with Gasteiger partial charge in [-0.25, -0.2) is 15.0 Å². The molecule has 2 aromatic heterocycles. The lowest BCUT2D eigenvalue weighted by Gasteiger charge is -1.97. The normalized spacial score (nSPS) is 10.1. The van der Waals surface area contributed by atoms with E-state index in [1.807, 2.05) is 12.3 Å². The molecule has 0 amide bonds. The molecular formula is C11H11N5S. The Balaban J connectivity index is 1.95. The van der Waals surface area contributed by atoms with E-state index in [2.05, 4.69) is 26.9 Å². The highest BCUT2D eigenvalue weighted by Crippen LogP contribution is 2.17. The van der Waals surface area contributed by atoms with Crippen LogP contribution in [0.3, 0.4) is 0 Å². The standard InChI is InChI=1S/C11H11N5S/c1-2-9-6-15-11(16-9)17-7-10-13-4-8(3-12)5-14-10/h4-6H,2,7H2,1H3,(H,15,16). The molecule has 0 spiro atoms. The fourth-order valence-corrected chi connectivity index (χ4v) is 1.96. The molecule has 86 valence electrons.